The van der Waals surface area contributed by atoms with E-state index < -0.39 is 0 Å². The van der Waals surface area contributed by atoms with Crippen LogP contribution in [0.3, 0.4) is 0 Å². The monoisotopic (exact) mass is 141 g/mol. The molecule has 0 atom stereocenters. The molecule has 3 nitrogen and oxygen atoms in total. The third-order valence-electron chi connectivity index (χ3n) is 1.47. The largest absolute Gasteiger partial charge is 0.354 e. The van der Waals surface area contributed by atoms with E-state index in [2.05, 4.69) is 36.1 Å². The first-order valence-electron chi connectivity index (χ1n) is 3.73. The van der Waals surface area contributed by atoms with Crippen LogP contribution in [0.15, 0.2) is 4.99 Å². The molecule has 1 saturated heterocycles. The molecule has 58 valence electrons. The molecule has 3 heteroatoms. The number of nitrogens with zero attached hydrogens (tertiary/aromatic N) is 2. The zero-order valence-corrected chi connectivity index (χ0v) is 6.89. The number of hydrogen-bond donors (Lipinski definition) is 1. The van der Waals surface area contributed by atoms with Gasteiger partial charge in [0.1, 0.15) is 0 Å². The van der Waals surface area contributed by atoms with E-state index in [4.69, 9.17) is 0 Å². The van der Waals surface area contributed by atoms with Gasteiger partial charge in [0.05, 0.1) is 0 Å². The van der Waals surface area contributed by atoms with Crippen molar-refractivity contribution >= 4 is 5.96 Å². The number of guanidine groups is 1. The average molecular weight is 141 g/mol. The Morgan fingerprint density at radius 3 is 2.70 bits per heavy atom. The van der Waals surface area contributed by atoms with Gasteiger partial charge in [-0.15, -0.1) is 0 Å². The summed E-state index contributed by atoms with van der Waals surface area (Å²) in [5.41, 5.74) is 0. The summed E-state index contributed by atoms with van der Waals surface area (Å²) in [6, 6.07) is 0.392. The molecule has 1 N–H and O–H groups in total. The number of likely N-dealkylation sites (N-methyl/N-ethyl adjacent to an activating group) is 1. The highest BCUT2D eigenvalue weighted by Gasteiger charge is 2.12. The summed E-state index contributed by atoms with van der Waals surface area (Å²) < 4.78 is 0. The minimum absolute atomic E-state index is 0.392. The molecule has 0 aromatic heterocycles. The van der Waals surface area contributed by atoms with Gasteiger partial charge in [-0.1, -0.05) is 0 Å². The predicted octanol–water partition coefficient (Wildman–Crippen LogP) is 0.286. The second-order valence-corrected chi connectivity index (χ2v) is 2.89. The van der Waals surface area contributed by atoms with Crippen LogP contribution in [0.25, 0.3) is 0 Å². The SMILES string of the molecule is CC(C)/N=C1\NCCN1C. The maximum atomic E-state index is 4.39. The second kappa shape index (κ2) is 2.90. The van der Waals surface area contributed by atoms with Crippen LogP contribution in [-0.4, -0.2) is 37.0 Å². The minimum Gasteiger partial charge on any atom is -0.354 e. The lowest BCUT2D eigenvalue weighted by Crippen LogP contribution is -2.27. The number of nitrogens with one attached hydrogen (secondary N) is 1. The standard InChI is InChI=1S/C7H15N3/c1-6(2)9-7-8-4-5-10(7)3/h6H,4-5H2,1-3H3,(H,8,9). The van der Waals surface area contributed by atoms with Gasteiger partial charge in [-0.3, -0.25) is 4.99 Å². The van der Waals surface area contributed by atoms with Gasteiger partial charge in [-0.25, -0.2) is 0 Å². The number of rotatable bonds is 1. The third kappa shape index (κ3) is 1.62. The summed E-state index contributed by atoms with van der Waals surface area (Å²) in [6.45, 7) is 6.27. The highest BCUT2D eigenvalue weighted by Crippen LogP contribution is 1.95. The zero-order chi connectivity index (χ0) is 7.56. The molecule has 1 heterocycles. The zero-order valence-electron chi connectivity index (χ0n) is 6.89. The maximum Gasteiger partial charge on any atom is 0.194 e. The Hall–Kier alpha value is -0.730. The molecule has 1 aliphatic rings. The molecular formula is C7H15N3. The van der Waals surface area contributed by atoms with Crippen LogP contribution in [0.5, 0.6) is 0 Å². The molecule has 0 aromatic carbocycles. The number of aliphatic imine (C=N–C) groups is 1. The van der Waals surface area contributed by atoms with Crippen LogP contribution in [-0.2, 0) is 0 Å². The van der Waals surface area contributed by atoms with Gasteiger partial charge in [0.2, 0.25) is 0 Å². The van der Waals surface area contributed by atoms with Crippen LogP contribution >= 0.6 is 0 Å². The molecule has 0 aromatic rings. The van der Waals surface area contributed by atoms with Crippen LogP contribution in [0.4, 0.5) is 0 Å². The molecule has 0 aliphatic carbocycles. The Kier molecular flexibility index (Phi) is 2.14. The highest BCUT2D eigenvalue weighted by atomic mass is 15.3. The molecule has 1 rings (SSSR count). The Morgan fingerprint density at radius 1 is 1.60 bits per heavy atom. The highest BCUT2D eigenvalue weighted by molar-refractivity contribution is 5.81. The summed E-state index contributed by atoms with van der Waals surface area (Å²) in [4.78, 5) is 6.53. The summed E-state index contributed by atoms with van der Waals surface area (Å²) in [5, 5.41) is 3.21. The molecule has 10 heavy (non-hydrogen) atoms. The summed E-state index contributed by atoms with van der Waals surface area (Å²) in [5.74, 6) is 1.04. The Labute approximate surface area is 62.1 Å². The normalized spacial score (nSPS) is 22.4. The van der Waals surface area contributed by atoms with Gasteiger partial charge in [-0.05, 0) is 13.8 Å². The predicted molar refractivity (Wildman–Crippen MR) is 43.2 cm³/mol. The maximum absolute atomic E-state index is 4.39. The number of hydrogen-bond acceptors (Lipinski definition) is 1. The van der Waals surface area contributed by atoms with E-state index in [1.807, 2.05) is 0 Å². The van der Waals surface area contributed by atoms with Crippen LogP contribution in [0.1, 0.15) is 13.8 Å². The van der Waals surface area contributed by atoms with E-state index in [-0.39, 0.29) is 0 Å². The van der Waals surface area contributed by atoms with Crippen LogP contribution in [0, 0.1) is 0 Å². The van der Waals surface area contributed by atoms with Gasteiger partial charge in [0.25, 0.3) is 0 Å². The molecule has 0 radical (unpaired) electrons. The van der Waals surface area contributed by atoms with E-state index in [1.54, 1.807) is 0 Å². The lowest BCUT2D eigenvalue weighted by Gasteiger charge is -2.10. The fourth-order valence-electron chi connectivity index (χ4n) is 0.965. The fraction of sp³-hybridized carbons (Fsp3) is 0.857. The van der Waals surface area contributed by atoms with Crippen molar-refractivity contribution in [3.8, 4) is 0 Å². The Morgan fingerprint density at radius 2 is 2.30 bits per heavy atom. The summed E-state index contributed by atoms with van der Waals surface area (Å²) in [6.07, 6.45) is 0. The molecule has 1 aliphatic heterocycles. The molecule has 0 spiro atoms. The van der Waals surface area contributed by atoms with Crippen LogP contribution < -0.4 is 5.32 Å². The van der Waals surface area contributed by atoms with E-state index in [9.17, 15) is 0 Å². The van der Waals surface area contributed by atoms with Gasteiger partial charge >= 0.3 is 0 Å². The van der Waals surface area contributed by atoms with E-state index in [0.29, 0.717) is 6.04 Å². The Balaban J connectivity index is 2.54. The van der Waals surface area contributed by atoms with Crippen molar-refractivity contribution in [2.24, 2.45) is 4.99 Å². The van der Waals surface area contributed by atoms with Gasteiger partial charge < -0.3 is 10.2 Å². The van der Waals surface area contributed by atoms with Crippen molar-refractivity contribution in [2.45, 2.75) is 19.9 Å². The summed E-state index contributed by atoms with van der Waals surface area (Å²) in [7, 11) is 2.06. The first-order valence-corrected chi connectivity index (χ1v) is 3.73. The lowest BCUT2D eigenvalue weighted by atomic mass is 10.4. The van der Waals surface area contributed by atoms with Gasteiger partial charge in [0, 0.05) is 26.2 Å². The fourth-order valence-corrected chi connectivity index (χ4v) is 0.965. The molecule has 0 saturated carbocycles. The second-order valence-electron chi connectivity index (χ2n) is 2.89. The first-order chi connectivity index (χ1) is 4.70. The van der Waals surface area contributed by atoms with Crippen molar-refractivity contribution in [3.63, 3.8) is 0 Å². The summed E-state index contributed by atoms with van der Waals surface area (Å²) >= 11 is 0. The Bertz CT molecular complexity index is 140. The first kappa shape index (κ1) is 7.38. The van der Waals surface area contributed by atoms with Crippen molar-refractivity contribution < 1.29 is 0 Å². The molecular weight excluding hydrogens is 126 g/mol. The van der Waals surface area contributed by atoms with E-state index in [0.717, 1.165) is 19.0 Å². The van der Waals surface area contributed by atoms with Crippen molar-refractivity contribution in [1.82, 2.24) is 10.2 Å². The van der Waals surface area contributed by atoms with E-state index in [1.165, 1.54) is 0 Å². The van der Waals surface area contributed by atoms with Gasteiger partial charge in [-0.2, -0.15) is 0 Å². The third-order valence-corrected chi connectivity index (χ3v) is 1.47. The van der Waals surface area contributed by atoms with Crippen molar-refractivity contribution in [2.75, 3.05) is 20.1 Å². The molecule has 0 unspecified atom stereocenters. The quantitative estimate of drug-likeness (QED) is 0.568. The van der Waals surface area contributed by atoms with E-state index >= 15 is 0 Å². The topological polar surface area (TPSA) is 27.6 Å². The van der Waals surface area contributed by atoms with Gasteiger partial charge in [0.15, 0.2) is 5.96 Å². The van der Waals surface area contributed by atoms with Crippen molar-refractivity contribution in [3.05, 3.63) is 0 Å². The molecule has 0 amide bonds. The smallest absolute Gasteiger partial charge is 0.194 e. The molecule has 0 bridgehead atoms. The average Bonchev–Trinajstić information content (AvgIpc) is 2.15. The van der Waals surface area contributed by atoms with Crippen molar-refractivity contribution in [1.29, 1.82) is 0 Å². The van der Waals surface area contributed by atoms with Crippen LogP contribution in [0.2, 0.25) is 0 Å². The molecule has 1 fully saturated rings. The lowest BCUT2D eigenvalue weighted by molar-refractivity contribution is 0.557. The minimum atomic E-state index is 0.392.